The Morgan fingerprint density at radius 3 is 2.56 bits per heavy atom. The van der Waals surface area contributed by atoms with Gasteiger partial charge in [0, 0.05) is 30.1 Å². The molecule has 1 heterocycles. The smallest absolute Gasteiger partial charge is 0.128 e. The maximum Gasteiger partial charge on any atom is 0.128 e. The molecule has 3 nitrogen and oxygen atoms in total. The van der Waals surface area contributed by atoms with E-state index in [2.05, 4.69) is 27.9 Å². The maximum atomic E-state index is 14.2. The Balaban J connectivity index is 0.00000109. The molecule has 2 atom stereocenters. The van der Waals surface area contributed by atoms with Crippen LogP contribution in [-0.4, -0.2) is 35.8 Å². The lowest BCUT2D eigenvalue weighted by molar-refractivity contribution is -0.124. The van der Waals surface area contributed by atoms with Crippen LogP contribution in [0.5, 0.6) is 0 Å². The fourth-order valence-corrected chi connectivity index (χ4v) is 3.20. The predicted octanol–water partition coefficient (Wildman–Crippen LogP) is 3.95. The first kappa shape index (κ1) is 20.6. The van der Waals surface area contributed by atoms with Gasteiger partial charge in [0.15, 0.2) is 0 Å². The highest BCUT2D eigenvalue weighted by atomic mass is 127. The van der Waals surface area contributed by atoms with Gasteiger partial charge in [-0.25, -0.2) is 4.39 Å². The molecule has 0 unspecified atom stereocenters. The number of morpholine rings is 1. The van der Waals surface area contributed by atoms with Crippen LogP contribution in [0.2, 0.25) is 5.02 Å². The fourth-order valence-electron chi connectivity index (χ4n) is 2.97. The summed E-state index contributed by atoms with van der Waals surface area (Å²) in [4.78, 5) is 1.97. The molecule has 1 fully saturated rings. The second kappa shape index (κ2) is 9.83. The van der Waals surface area contributed by atoms with Crippen LogP contribution >= 0.6 is 34.2 Å². The van der Waals surface area contributed by atoms with Gasteiger partial charge in [0.1, 0.15) is 17.5 Å². The van der Waals surface area contributed by atoms with Crippen LogP contribution in [-0.2, 0) is 16.8 Å². The summed E-state index contributed by atoms with van der Waals surface area (Å²) in [5.74, 6) is -0.421. The zero-order chi connectivity index (χ0) is 18.3. The van der Waals surface area contributed by atoms with E-state index in [-0.39, 0.29) is 6.42 Å². The minimum Gasteiger partial charge on any atom is -0.382 e. The molecule has 1 aliphatic heterocycles. The third-order valence-electron chi connectivity index (χ3n) is 4.24. The zero-order valence-corrected chi connectivity index (χ0v) is 16.9. The summed E-state index contributed by atoms with van der Waals surface area (Å²) >= 11 is 8.30. The van der Waals surface area contributed by atoms with Gasteiger partial charge in [-0.1, -0.05) is 70.6 Å². The highest BCUT2D eigenvalue weighted by molar-refractivity contribution is 14.1. The van der Waals surface area contributed by atoms with Gasteiger partial charge in [0.2, 0.25) is 0 Å². The largest absolute Gasteiger partial charge is 0.382 e. The second-order valence-corrected chi connectivity index (χ2v) is 6.14. The lowest BCUT2D eigenvalue weighted by Gasteiger charge is -2.39. The number of aliphatic hydroxyl groups is 1. The van der Waals surface area contributed by atoms with Crippen molar-refractivity contribution in [2.24, 2.45) is 0 Å². The molecule has 0 radical (unpaired) electrons. The topological polar surface area (TPSA) is 41.5 Å². The Kier molecular flexibility index (Phi) is 8.09. The van der Waals surface area contributed by atoms with Crippen LogP contribution in [0.25, 0.3) is 0 Å². The van der Waals surface area contributed by atoms with E-state index in [0.717, 1.165) is 6.54 Å². The highest BCUT2D eigenvalue weighted by Gasteiger charge is 2.41. The van der Waals surface area contributed by atoms with Gasteiger partial charge < -0.3 is 15.2 Å². The van der Waals surface area contributed by atoms with E-state index >= 15 is 0 Å². The number of hydrogen-bond donors (Lipinski definition) is 2. The Hall–Kier alpha value is -0.730. The molecule has 0 aliphatic carbocycles. The van der Waals surface area contributed by atoms with Crippen LogP contribution in [0.3, 0.4) is 0 Å². The van der Waals surface area contributed by atoms with Crippen molar-refractivity contribution < 1.29 is 14.2 Å². The number of halogens is 3. The Bertz CT molecular complexity index is 647. The van der Waals surface area contributed by atoms with E-state index in [1.807, 2.05) is 35.3 Å². The van der Waals surface area contributed by atoms with Crippen LogP contribution in [0, 0.1) is 5.82 Å². The quantitative estimate of drug-likeness (QED) is 0.518. The average molecular weight is 478 g/mol. The number of rotatable bonds is 4. The van der Waals surface area contributed by atoms with E-state index in [0.29, 0.717) is 29.3 Å². The summed E-state index contributed by atoms with van der Waals surface area (Å²) in [6, 6.07) is 13.8. The van der Waals surface area contributed by atoms with Crippen molar-refractivity contribution in [1.82, 2.24) is 5.32 Å². The van der Waals surface area contributed by atoms with Crippen molar-refractivity contribution in [3.05, 3.63) is 70.5 Å². The van der Waals surface area contributed by atoms with Crippen LogP contribution in [0.15, 0.2) is 48.5 Å². The Morgan fingerprint density at radius 1 is 1.24 bits per heavy atom. The minimum absolute atomic E-state index is 0.0505. The summed E-state index contributed by atoms with van der Waals surface area (Å²) in [5, 5.41) is 14.9. The molecule has 6 heteroatoms. The molecular weight excluding hydrogens is 456 g/mol. The zero-order valence-electron chi connectivity index (χ0n) is 14.0. The van der Waals surface area contributed by atoms with E-state index in [9.17, 15) is 9.50 Å². The van der Waals surface area contributed by atoms with Crippen LogP contribution in [0.1, 0.15) is 11.1 Å². The average Bonchev–Trinajstić information content (AvgIpc) is 2.68. The molecule has 0 spiro atoms. The van der Waals surface area contributed by atoms with E-state index < -0.39 is 17.5 Å². The Morgan fingerprint density at radius 2 is 1.96 bits per heavy atom. The molecule has 0 saturated carbocycles. The first-order valence-corrected chi connectivity index (χ1v) is 10.6. The lowest BCUT2D eigenvalue weighted by atomic mass is 9.82. The van der Waals surface area contributed by atoms with Gasteiger partial charge in [-0.2, -0.15) is 0 Å². The number of alkyl halides is 1. The maximum absolute atomic E-state index is 14.2. The third kappa shape index (κ3) is 4.92. The van der Waals surface area contributed by atoms with Crippen molar-refractivity contribution in [3.63, 3.8) is 0 Å². The molecule has 2 aromatic carbocycles. The minimum atomic E-state index is -1.36. The SMILES string of the molecule is CI.O[C@](Cc1c(F)cccc1Cl)(c1ccccc1)[C@H]1CNCCO1. The van der Waals surface area contributed by atoms with Crippen LogP contribution in [0.4, 0.5) is 4.39 Å². The van der Waals surface area contributed by atoms with Gasteiger partial charge in [-0.3, -0.25) is 0 Å². The van der Waals surface area contributed by atoms with Crippen molar-refractivity contribution in [3.8, 4) is 0 Å². The molecule has 2 N–H and O–H groups in total. The molecule has 0 amide bonds. The molecule has 3 rings (SSSR count). The first-order chi connectivity index (χ1) is 12.1. The molecule has 1 aliphatic rings. The van der Waals surface area contributed by atoms with E-state index in [1.54, 1.807) is 12.1 Å². The summed E-state index contributed by atoms with van der Waals surface area (Å²) in [6.45, 7) is 1.74. The summed E-state index contributed by atoms with van der Waals surface area (Å²) in [6.07, 6.45) is -0.427. The van der Waals surface area contributed by atoms with Crippen LogP contribution < -0.4 is 5.32 Å². The Labute approximate surface area is 166 Å². The van der Waals surface area contributed by atoms with Crippen molar-refractivity contribution in [1.29, 1.82) is 0 Å². The van der Waals surface area contributed by atoms with E-state index in [1.165, 1.54) is 6.07 Å². The van der Waals surface area contributed by atoms with Crippen molar-refractivity contribution >= 4 is 34.2 Å². The lowest BCUT2D eigenvalue weighted by Crippen LogP contribution is -2.52. The van der Waals surface area contributed by atoms with E-state index in [4.69, 9.17) is 16.3 Å². The molecule has 136 valence electrons. The molecule has 1 saturated heterocycles. The van der Waals surface area contributed by atoms with Gasteiger partial charge >= 0.3 is 0 Å². The molecule has 0 bridgehead atoms. The monoisotopic (exact) mass is 477 g/mol. The molecule has 25 heavy (non-hydrogen) atoms. The van der Waals surface area contributed by atoms with Crippen molar-refractivity contribution in [2.45, 2.75) is 18.1 Å². The second-order valence-electron chi connectivity index (χ2n) is 5.73. The normalized spacial score (nSPS) is 19.5. The summed E-state index contributed by atoms with van der Waals surface area (Å²) in [7, 11) is 0. The fraction of sp³-hybridized carbons (Fsp3) is 0.368. The highest BCUT2D eigenvalue weighted by Crippen LogP contribution is 2.34. The standard InChI is InChI=1S/C18H19ClFNO2.CH3I/c19-15-7-4-8-16(20)14(15)11-18(22,13-5-2-1-3-6-13)17-12-21-9-10-23-17;1-2/h1-8,17,21-22H,9-12H2;1H3/t17-,18-;/m1./s1. The van der Waals surface area contributed by atoms with Gasteiger partial charge in [0.25, 0.3) is 0 Å². The molecule has 0 aromatic heterocycles. The summed E-state index contributed by atoms with van der Waals surface area (Å²) < 4.78 is 20.0. The number of ether oxygens (including phenoxy) is 1. The van der Waals surface area contributed by atoms with Crippen molar-refractivity contribution in [2.75, 3.05) is 24.6 Å². The van der Waals surface area contributed by atoms with Gasteiger partial charge in [-0.15, -0.1) is 0 Å². The molecule has 2 aromatic rings. The van der Waals surface area contributed by atoms with Gasteiger partial charge in [0.05, 0.1) is 6.61 Å². The molecular formula is C19H22ClFINO2. The summed E-state index contributed by atoms with van der Waals surface area (Å²) in [5.41, 5.74) is -0.372. The van der Waals surface area contributed by atoms with Gasteiger partial charge in [-0.05, 0) is 22.6 Å². The number of nitrogens with one attached hydrogen (secondary N) is 1. The first-order valence-electron chi connectivity index (χ1n) is 8.02. The number of hydrogen-bond acceptors (Lipinski definition) is 3. The predicted molar refractivity (Wildman–Crippen MR) is 108 cm³/mol. The third-order valence-corrected chi connectivity index (χ3v) is 4.60. The number of benzene rings is 2.